The molecule has 1 heterocycles. The van der Waals surface area contributed by atoms with Crippen LogP contribution in [0.5, 0.6) is 0 Å². The topological polar surface area (TPSA) is 42.0 Å². The lowest BCUT2D eigenvalue weighted by molar-refractivity contribution is -0.135. The molecule has 1 aromatic rings. The van der Waals surface area contributed by atoms with Crippen molar-refractivity contribution in [3.05, 3.63) is 28.5 Å². The molecule has 1 amide bonds. The number of hydrogen-bond acceptors (Lipinski definition) is 2. The van der Waals surface area contributed by atoms with Crippen molar-refractivity contribution < 1.29 is 18.0 Å². The number of amides is 1. The number of nitrogens with one attached hydrogen (secondary N) is 1. The smallest absolute Gasteiger partial charge is 0.352 e. The molecule has 0 aromatic carbocycles. The maximum atomic E-state index is 11.8. The molecule has 0 saturated carbocycles. The van der Waals surface area contributed by atoms with Gasteiger partial charge in [0.1, 0.15) is 4.60 Å². The van der Waals surface area contributed by atoms with Gasteiger partial charge >= 0.3 is 6.18 Å². The van der Waals surface area contributed by atoms with Crippen LogP contribution < -0.4 is 5.32 Å². The van der Waals surface area contributed by atoms with Gasteiger partial charge in [-0.05, 0) is 34.5 Å². The first-order valence-electron chi connectivity index (χ1n) is 4.85. The maximum Gasteiger partial charge on any atom is 0.389 e. The van der Waals surface area contributed by atoms with Crippen LogP contribution in [0.3, 0.4) is 0 Å². The second-order valence-electron chi connectivity index (χ2n) is 3.34. The lowest BCUT2D eigenvalue weighted by atomic mass is 10.2. The Morgan fingerprint density at radius 1 is 1.47 bits per heavy atom. The quantitative estimate of drug-likeness (QED) is 0.686. The van der Waals surface area contributed by atoms with Crippen molar-refractivity contribution in [3.63, 3.8) is 0 Å². The Hall–Kier alpha value is -1.11. The molecule has 0 aliphatic heterocycles. The van der Waals surface area contributed by atoms with Crippen LogP contribution in [-0.4, -0.2) is 23.6 Å². The minimum Gasteiger partial charge on any atom is -0.352 e. The van der Waals surface area contributed by atoms with E-state index in [4.69, 9.17) is 0 Å². The SMILES string of the molecule is O=C(NCCCC(F)(F)F)c1ccnc(Br)c1. The van der Waals surface area contributed by atoms with Gasteiger partial charge in [0.05, 0.1) is 0 Å². The first kappa shape index (κ1) is 14.0. The Morgan fingerprint density at radius 3 is 2.76 bits per heavy atom. The molecule has 0 radical (unpaired) electrons. The molecular formula is C10H10BrF3N2O. The average Bonchev–Trinajstić information content (AvgIpc) is 2.23. The third-order valence-corrected chi connectivity index (χ3v) is 2.35. The zero-order chi connectivity index (χ0) is 12.9. The minimum atomic E-state index is -4.18. The fourth-order valence-electron chi connectivity index (χ4n) is 1.14. The second kappa shape index (κ2) is 6.00. The average molecular weight is 311 g/mol. The zero-order valence-electron chi connectivity index (χ0n) is 8.72. The highest BCUT2D eigenvalue weighted by atomic mass is 79.9. The van der Waals surface area contributed by atoms with Gasteiger partial charge in [-0.15, -0.1) is 0 Å². The van der Waals surface area contributed by atoms with Crippen molar-refractivity contribution in [2.45, 2.75) is 19.0 Å². The van der Waals surface area contributed by atoms with Gasteiger partial charge in [0.2, 0.25) is 0 Å². The van der Waals surface area contributed by atoms with Crippen molar-refractivity contribution in [1.29, 1.82) is 0 Å². The van der Waals surface area contributed by atoms with E-state index in [9.17, 15) is 18.0 Å². The van der Waals surface area contributed by atoms with E-state index in [0.29, 0.717) is 10.2 Å². The van der Waals surface area contributed by atoms with Crippen LogP contribution >= 0.6 is 15.9 Å². The monoisotopic (exact) mass is 310 g/mol. The van der Waals surface area contributed by atoms with Crippen LogP contribution in [0.25, 0.3) is 0 Å². The highest BCUT2D eigenvalue weighted by molar-refractivity contribution is 9.10. The predicted molar refractivity (Wildman–Crippen MR) is 59.6 cm³/mol. The molecule has 0 fully saturated rings. The first-order chi connectivity index (χ1) is 7.88. The van der Waals surface area contributed by atoms with Crippen LogP contribution in [0.15, 0.2) is 22.9 Å². The van der Waals surface area contributed by atoms with Crippen molar-refractivity contribution >= 4 is 21.8 Å². The molecule has 0 saturated heterocycles. The molecule has 0 aliphatic rings. The fraction of sp³-hybridized carbons (Fsp3) is 0.400. The van der Waals surface area contributed by atoms with E-state index in [1.165, 1.54) is 18.3 Å². The molecule has 94 valence electrons. The molecule has 7 heteroatoms. The Bertz CT molecular complexity index is 395. The van der Waals surface area contributed by atoms with Gasteiger partial charge in [-0.25, -0.2) is 4.98 Å². The van der Waals surface area contributed by atoms with Gasteiger partial charge in [0, 0.05) is 24.7 Å². The summed E-state index contributed by atoms with van der Waals surface area (Å²) in [5.41, 5.74) is 0.360. The highest BCUT2D eigenvalue weighted by Gasteiger charge is 2.25. The minimum absolute atomic E-state index is 0.00170. The van der Waals surface area contributed by atoms with Gasteiger partial charge in [-0.3, -0.25) is 4.79 Å². The van der Waals surface area contributed by atoms with E-state index in [-0.39, 0.29) is 13.0 Å². The molecule has 0 atom stereocenters. The first-order valence-corrected chi connectivity index (χ1v) is 5.64. The number of halogens is 4. The molecular weight excluding hydrogens is 301 g/mol. The summed E-state index contributed by atoms with van der Waals surface area (Å²) in [6.45, 7) is -0.00170. The lowest BCUT2D eigenvalue weighted by Gasteiger charge is -2.07. The predicted octanol–water partition coefficient (Wildman–Crippen LogP) is 2.92. The van der Waals surface area contributed by atoms with Gasteiger partial charge < -0.3 is 5.32 Å². The zero-order valence-corrected chi connectivity index (χ0v) is 10.3. The molecule has 17 heavy (non-hydrogen) atoms. The lowest BCUT2D eigenvalue weighted by Crippen LogP contribution is -2.25. The molecule has 3 nitrogen and oxygen atoms in total. The number of carbonyl (C=O) groups is 1. The summed E-state index contributed by atoms with van der Waals surface area (Å²) in [4.78, 5) is 15.3. The largest absolute Gasteiger partial charge is 0.389 e. The van der Waals surface area contributed by atoms with Crippen molar-refractivity contribution in [3.8, 4) is 0 Å². The Balaban J connectivity index is 2.36. The fourth-order valence-corrected chi connectivity index (χ4v) is 1.50. The normalized spacial score (nSPS) is 11.3. The van der Waals surface area contributed by atoms with Crippen molar-refractivity contribution in [2.75, 3.05) is 6.54 Å². The molecule has 1 N–H and O–H groups in total. The van der Waals surface area contributed by atoms with E-state index >= 15 is 0 Å². The third kappa shape index (κ3) is 5.67. The molecule has 1 aromatic heterocycles. The van der Waals surface area contributed by atoms with E-state index in [1.54, 1.807) is 0 Å². The number of alkyl halides is 3. The molecule has 0 aliphatic carbocycles. The Morgan fingerprint density at radius 2 is 2.18 bits per heavy atom. The standard InChI is InChI=1S/C10H10BrF3N2O/c11-8-6-7(2-5-15-8)9(17)16-4-1-3-10(12,13)14/h2,5-6H,1,3-4H2,(H,16,17). The number of nitrogens with zero attached hydrogens (tertiary/aromatic N) is 1. The van der Waals surface area contributed by atoms with Gasteiger partial charge in [0.15, 0.2) is 0 Å². The van der Waals surface area contributed by atoms with Gasteiger partial charge in [0.25, 0.3) is 5.91 Å². The molecule has 0 spiro atoms. The maximum absolute atomic E-state index is 11.8. The Kier molecular flexibility index (Phi) is 4.92. The Labute approximate surface area is 105 Å². The summed E-state index contributed by atoms with van der Waals surface area (Å²) in [5, 5.41) is 2.41. The molecule has 0 bridgehead atoms. The van der Waals surface area contributed by atoms with E-state index in [1.807, 2.05) is 0 Å². The third-order valence-electron chi connectivity index (χ3n) is 1.91. The number of hydrogen-bond donors (Lipinski definition) is 1. The van der Waals surface area contributed by atoms with Gasteiger partial charge in [-0.1, -0.05) is 0 Å². The summed E-state index contributed by atoms with van der Waals surface area (Å²) < 4.78 is 36.0. The molecule has 0 unspecified atom stereocenters. The number of rotatable bonds is 4. The summed E-state index contributed by atoms with van der Waals surface area (Å²) in [7, 11) is 0. The van der Waals surface area contributed by atoms with Crippen molar-refractivity contribution in [1.82, 2.24) is 10.3 Å². The highest BCUT2D eigenvalue weighted by Crippen LogP contribution is 2.20. The number of carbonyl (C=O) groups excluding carboxylic acids is 1. The summed E-state index contributed by atoms with van der Waals surface area (Å²) in [6, 6.07) is 2.99. The second-order valence-corrected chi connectivity index (χ2v) is 4.15. The molecule has 1 rings (SSSR count). The van der Waals surface area contributed by atoms with Crippen LogP contribution in [0.2, 0.25) is 0 Å². The van der Waals surface area contributed by atoms with Crippen LogP contribution in [0.1, 0.15) is 23.2 Å². The van der Waals surface area contributed by atoms with Crippen molar-refractivity contribution in [2.24, 2.45) is 0 Å². The number of aromatic nitrogens is 1. The summed E-state index contributed by atoms with van der Waals surface area (Å²) in [6.07, 6.45) is -3.76. The van der Waals surface area contributed by atoms with E-state index in [2.05, 4.69) is 26.2 Å². The van der Waals surface area contributed by atoms with E-state index in [0.717, 1.165) is 0 Å². The summed E-state index contributed by atoms with van der Waals surface area (Å²) >= 11 is 3.10. The van der Waals surface area contributed by atoms with E-state index < -0.39 is 18.5 Å². The summed E-state index contributed by atoms with van der Waals surface area (Å²) in [5.74, 6) is -0.407. The van der Waals surface area contributed by atoms with Crippen LogP contribution in [-0.2, 0) is 0 Å². The van der Waals surface area contributed by atoms with Crippen LogP contribution in [0.4, 0.5) is 13.2 Å². The van der Waals surface area contributed by atoms with Gasteiger partial charge in [-0.2, -0.15) is 13.2 Å². The van der Waals surface area contributed by atoms with Crippen LogP contribution in [0, 0.1) is 0 Å². The number of pyridine rings is 1.